The second-order valence-corrected chi connectivity index (χ2v) is 6.12. The van der Waals surface area contributed by atoms with Crippen LogP contribution in [-0.2, 0) is 22.5 Å². The van der Waals surface area contributed by atoms with Crippen LogP contribution in [0.2, 0.25) is 0 Å². The molecule has 1 aliphatic rings. The molecule has 0 aliphatic heterocycles. The summed E-state index contributed by atoms with van der Waals surface area (Å²) in [4.78, 5) is 11.5. The minimum Gasteiger partial charge on any atom is -0.469 e. The minimum atomic E-state index is -0.176. The number of methoxy groups -OCH3 is 1. The molecule has 0 bridgehead atoms. The third-order valence-electron chi connectivity index (χ3n) is 4.60. The standard InChI is InChI=1S/C18H27NO2/c1-14-8-4-3-5-11-17(14)19-13-16-10-7-6-9-15(16)12-18(20)21-2/h6-7,9-10,14,17,19H,3-5,8,11-13H2,1-2H3. The quantitative estimate of drug-likeness (QED) is 0.666. The molecule has 0 heterocycles. The van der Waals surface area contributed by atoms with Crippen molar-refractivity contribution >= 4 is 5.97 Å². The summed E-state index contributed by atoms with van der Waals surface area (Å²) in [6.45, 7) is 3.19. The maximum absolute atomic E-state index is 11.5. The molecule has 21 heavy (non-hydrogen) atoms. The lowest BCUT2D eigenvalue weighted by atomic mass is 9.96. The fourth-order valence-corrected chi connectivity index (χ4v) is 3.17. The van der Waals surface area contributed by atoms with Crippen molar-refractivity contribution in [2.75, 3.05) is 7.11 Å². The van der Waals surface area contributed by atoms with Crippen LogP contribution in [0.15, 0.2) is 24.3 Å². The lowest BCUT2D eigenvalue weighted by molar-refractivity contribution is -0.139. The van der Waals surface area contributed by atoms with Crippen LogP contribution in [0, 0.1) is 5.92 Å². The van der Waals surface area contributed by atoms with E-state index in [0.717, 1.165) is 18.0 Å². The molecule has 2 unspecified atom stereocenters. The molecule has 1 N–H and O–H groups in total. The highest BCUT2D eigenvalue weighted by molar-refractivity contribution is 5.72. The lowest BCUT2D eigenvalue weighted by Crippen LogP contribution is -2.34. The van der Waals surface area contributed by atoms with Crippen LogP contribution < -0.4 is 5.32 Å². The smallest absolute Gasteiger partial charge is 0.309 e. The van der Waals surface area contributed by atoms with E-state index in [9.17, 15) is 4.79 Å². The SMILES string of the molecule is COC(=O)Cc1ccccc1CNC1CCCCCC1C. The topological polar surface area (TPSA) is 38.3 Å². The highest BCUT2D eigenvalue weighted by Gasteiger charge is 2.19. The van der Waals surface area contributed by atoms with Gasteiger partial charge in [0.25, 0.3) is 0 Å². The largest absolute Gasteiger partial charge is 0.469 e. The molecular formula is C18H27NO2. The van der Waals surface area contributed by atoms with Gasteiger partial charge in [0, 0.05) is 12.6 Å². The van der Waals surface area contributed by atoms with Gasteiger partial charge >= 0.3 is 5.97 Å². The molecule has 0 spiro atoms. The molecular weight excluding hydrogens is 262 g/mol. The Labute approximate surface area is 128 Å². The Morgan fingerprint density at radius 1 is 1.19 bits per heavy atom. The van der Waals surface area contributed by atoms with Crippen LogP contribution in [-0.4, -0.2) is 19.1 Å². The lowest BCUT2D eigenvalue weighted by Gasteiger charge is -2.23. The Bertz CT molecular complexity index is 458. The second-order valence-electron chi connectivity index (χ2n) is 6.12. The predicted octanol–water partition coefficient (Wildman–Crippen LogP) is 3.46. The monoisotopic (exact) mass is 289 g/mol. The zero-order valence-electron chi connectivity index (χ0n) is 13.2. The average molecular weight is 289 g/mol. The molecule has 0 aromatic heterocycles. The molecule has 116 valence electrons. The van der Waals surface area contributed by atoms with Crippen LogP contribution in [0.5, 0.6) is 0 Å². The van der Waals surface area contributed by atoms with Crippen LogP contribution in [0.4, 0.5) is 0 Å². The molecule has 1 fully saturated rings. The zero-order chi connectivity index (χ0) is 15.1. The maximum Gasteiger partial charge on any atom is 0.309 e. The minimum absolute atomic E-state index is 0.176. The van der Waals surface area contributed by atoms with E-state index < -0.39 is 0 Å². The van der Waals surface area contributed by atoms with Crippen molar-refractivity contribution in [3.63, 3.8) is 0 Å². The van der Waals surface area contributed by atoms with Crippen molar-refractivity contribution in [2.45, 2.75) is 58.0 Å². The van der Waals surface area contributed by atoms with Crippen LogP contribution in [0.3, 0.4) is 0 Å². The normalized spacial score (nSPS) is 22.6. The molecule has 2 rings (SSSR count). The molecule has 3 heteroatoms. The molecule has 1 aliphatic carbocycles. The van der Waals surface area contributed by atoms with Crippen LogP contribution in [0.1, 0.15) is 50.2 Å². The summed E-state index contributed by atoms with van der Waals surface area (Å²) in [5.41, 5.74) is 2.28. The van der Waals surface area contributed by atoms with Gasteiger partial charge in [-0.2, -0.15) is 0 Å². The molecule has 1 saturated carbocycles. The zero-order valence-corrected chi connectivity index (χ0v) is 13.2. The van der Waals surface area contributed by atoms with Crippen molar-refractivity contribution in [1.82, 2.24) is 5.32 Å². The molecule has 3 nitrogen and oxygen atoms in total. The summed E-state index contributed by atoms with van der Waals surface area (Å²) in [5.74, 6) is 0.561. The van der Waals surface area contributed by atoms with E-state index in [1.54, 1.807) is 0 Å². The maximum atomic E-state index is 11.5. The number of rotatable bonds is 5. The van der Waals surface area contributed by atoms with E-state index in [0.29, 0.717) is 12.5 Å². The first-order valence-electron chi connectivity index (χ1n) is 8.07. The third-order valence-corrected chi connectivity index (χ3v) is 4.60. The summed E-state index contributed by atoms with van der Waals surface area (Å²) in [6.07, 6.45) is 6.99. The van der Waals surface area contributed by atoms with E-state index >= 15 is 0 Å². The number of carbonyl (C=O) groups excluding carboxylic acids is 1. The molecule has 1 aromatic carbocycles. The average Bonchev–Trinajstić information content (AvgIpc) is 2.71. The van der Waals surface area contributed by atoms with E-state index in [2.05, 4.69) is 18.3 Å². The molecule has 2 atom stereocenters. The Balaban J connectivity index is 1.97. The molecule has 1 aromatic rings. The van der Waals surface area contributed by atoms with Crippen LogP contribution in [0.25, 0.3) is 0 Å². The molecule has 0 saturated heterocycles. The molecule has 0 radical (unpaired) electrons. The first kappa shape index (κ1) is 16.0. The van der Waals surface area contributed by atoms with Gasteiger partial charge in [0.05, 0.1) is 13.5 Å². The Morgan fingerprint density at radius 3 is 2.67 bits per heavy atom. The summed E-state index contributed by atoms with van der Waals surface area (Å²) in [6, 6.07) is 8.74. The summed E-state index contributed by atoms with van der Waals surface area (Å²) < 4.78 is 4.78. The number of nitrogens with one attached hydrogen (secondary N) is 1. The highest BCUT2D eigenvalue weighted by Crippen LogP contribution is 2.23. The van der Waals surface area contributed by atoms with Gasteiger partial charge in [-0.15, -0.1) is 0 Å². The van der Waals surface area contributed by atoms with Gasteiger partial charge in [-0.25, -0.2) is 0 Å². The van der Waals surface area contributed by atoms with E-state index in [1.165, 1.54) is 44.8 Å². The van der Waals surface area contributed by atoms with E-state index in [1.807, 2.05) is 18.2 Å². The highest BCUT2D eigenvalue weighted by atomic mass is 16.5. The Hall–Kier alpha value is -1.35. The van der Waals surface area contributed by atoms with Gasteiger partial charge in [-0.1, -0.05) is 50.5 Å². The van der Waals surface area contributed by atoms with Crippen molar-refractivity contribution < 1.29 is 9.53 Å². The van der Waals surface area contributed by atoms with Gasteiger partial charge in [0.1, 0.15) is 0 Å². The number of esters is 1. The first-order chi connectivity index (χ1) is 10.2. The van der Waals surface area contributed by atoms with Gasteiger partial charge in [-0.3, -0.25) is 4.79 Å². The van der Waals surface area contributed by atoms with Crippen molar-refractivity contribution in [3.8, 4) is 0 Å². The summed E-state index contributed by atoms with van der Waals surface area (Å²) >= 11 is 0. The van der Waals surface area contributed by atoms with Gasteiger partial charge in [-0.05, 0) is 29.9 Å². The van der Waals surface area contributed by atoms with Crippen molar-refractivity contribution in [1.29, 1.82) is 0 Å². The fraction of sp³-hybridized carbons (Fsp3) is 0.611. The molecule has 0 amide bonds. The number of hydrogen-bond acceptors (Lipinski definition) is 3. The number of ether oxygens (including phenoxy) is 1. The number of benzene rings is 1. The van der Waals surface area contributed by atoms with Crippen molar-refractivity contribution in [2.24, 2.45) is 5.92 Å². The summed E-state index contributed by atoms with van der Waals surface area (Å²) in [7, 11) is 1.44. The van der Waals surface area contributed by atoms with Gasteiger partial charge < -0.3 is 10.1 Å². The van der Waals surface area contributed by atoms with Crippen molar-refractivity contribution in [3.05, 3.63) is 35.4 Å². The number of carbonyl (C=O) groups is 1. The van der Waals surface area contributed by atoms with Crippen LogP contribution >= 0.6 is 0 Å². The van der Waals surface area contributed by atoms with Gasteiger partial charge in [0.15, 0.2) is 0 Å². The fourth-order valence-electron chi connectivity index (χ4n) is 3.17. The Morgan fingerprint density at radius 2 is 1.90 bits per heavy atom. The second kappa shape index (κ2) is 8.18. The van der Waals surface area contributed by atoms with Gasteiger partial charge in [0.2, 0.25) is 0 Å². The number of hydrogen-bond donors (Lipinski definition) is 1. The van der Waals surface area contributed by atoms with E-state index in [4.69, 9.17) is 4.74 Å². The Kier molecular flexibility index (Phi) is 6.24. The van der Waals surface area contributed by atoms with E-state index in [-0.39, 0.29) is 5.97 Å². The predicted molar refractivity (Wildman–Crippen MR) is 85.0 cm³/mol. The third kappa shape index (κ3) is 4.85. The summed E-state index contributed by atoms with van der Waals surface area (Å²) in [5, 5.41) is 3.71. The first-order valence-corrected chi connectivity index (χ1v) is 8.07.